The maximum absolute atomic E-state index is 11.7. The molecule has 0 amide bonds. The van der Waals surface area contributed by atoms with Crippen molar-refractivity contribution in [1.82, 2.24) is 10.6 Å². The van der Waals surface area contributed by atoms with Gasteiger partial charge in [0.15, 0.2) is 0 Å². The zero-order chi connectivity index (χ0) is 28.3. The maximum Gasteiger partial charge on any atom is 0.0591 e. The molecule has 0 radical (unpaired) electrons. The second-order valence-electron chi connectivity index (χ2n) is 15.7. The summed E-state index contributed by atoms with van der Waals surface area (Å²) in [6.45, 7) is 15.7. The molecular weight excluding hydrogens is 482 g/mol. The fourth-order valence-corrected chi connectivity index (χ4v) is 10.5. The molecule has 228 valence electrons. The first-order valence-electron chi connectivity index (χ1n) is 17.0. The van der Waals surface area contributed by atoms with Crippen LogP contribution >= 0.6 is 0 Å². The van der Waals surface area contributed by atoms with Crippen molar-refractivity contribution in [2.45, 2.75) is 142 Å². The molecule has 4 fully saturated rings. The van der Waals surface area contributed by atoms with Gasteiger partial charge in [0.25, 0.3) is 0 Å². The lowest BCUT2D eigenvalue weighted by Crippen LogP contribution is -2.59. The van der Waals surface area contributed by atoms with Gasteiger partial charge in [-0.15, -0.1) is 0 Å². The Morgan fingerprint density at radius 1 is 0.897 bits per heavy atom. The fourth-order valence-electron chi connectivity index (χ4n) is 10.5. The molecule has 4 saturated carbocycles. The van der Waals surface area contributed by atoms with Crippen molar-refractivity contribution >= 4 is 0 Å². The molecule has 6 N–H and O–H groups in total. The molecule has 0 aromatic carbocycles. The Balaban J connectivity index is 1.30. The Morgan fingerprint density at radius 3 is 2.36 bits per heavy atom. The van der Waals surface area contributed by atoms with Crippen molar-refractivity contribution < 1.29 is 10.2 Å². The fraction of sp³-hybridized carbons (Fsp3) is 1.00. The van der Waals surface area contributed by atoms with Gasteiger partial charge in [-0.1, -0.05) is 33.6 Å². The van der Waals surface area contributed by atoms with E-state index in [0.717, 1.165) is 57.8 Å². The number of fused-ring (bicyclic) bond motifs is 5. The first-order valence-corrected chi connectivity index (χ1v) is 17.0. The van der Waals surface area contributed by atoms with Crippen molar-refractivity contribution in [3.8, 4) is 0 Å². The van der Waals surface area contributed by atoms with E-state index in [4.69, 9.17) is 5.73 Å². The number of aliphatic hydroxyl groups is 2. The maximum atomic E-state index is 11.7. The number of unbranched alkanes of at least 4 members (excludes halogenated alkanes) is 1. The second kappa shape index (κ2) is 13.4. The average molecular weight is 548 g/mol. The van der Waals surface area contributed by atoms with Crippen molar-refractivity contribution in [2.24, 2.45) is 52.1 Å². The summed E-state index contributed by atoms with van der Waals surface area (Å²) in [6, 6.07) is 0.624. The summed E-state index contributed by atoms with van der Waals surface area (Å²) in [7, 11) is 0. The summed E-state index contributed by atoms with van der Waals surface area (Å²) < 4.78 is 0. The molecule has 39 heavy (non-hydrogen) atoms. The van der Waals surface area contributed by atoms with Gasteiger partial charge in [-0.2, -0.15) is 0 Å². The van der Waals surface area contributed by atoms with Crippen LogP contribution in [0.3, 0.4) is 0 Å². The Hall–Kier alpha value is -0.200. The van der Waals surface area contributed by atoms with E-state index in [2.05, 4.69) is 31.4 Å². The number of rotatable bonds is 14. The highest BCUT2D eigenvalue weighted by molar-refractivity contribution is 5.12. The van der Waals surface area contributed by atoms with Gasteiger partial charge in [0.2, 0.25) is 0 Å². The third kappa shape index (κ3) is 7.24. The minimum absolute atomic E-state index is 0.113. The zero-order valence-corrected chi connectivity index (χ0v) is 26.3. The number of nitrogens with two attached hydrogens (primary N) is 1. The zero-order valence-electron chi connectivity index (χ0n) is 26.3. The molecule has 0 heterocycles. The third-order valence-corrected chi connectivity index (χ3v) is 12.7. The first-order chi connectivity index (χ1) is 18.5. The van der Waals surface area contributed by atoms with Crippen LogP contribution in [0.15, 0.2) is 0 Å². The Morgan fingerprint density at radius 2 is 1.62 bits per heavy atom. The van der Waals surface area contributed by atoms with Crippen LogP contribution < -0.4 is 16.4 Å². The summed E-state index contributed by atoms with van der Waals surface area (Å²) in [5.41, 5.74) is 5.83. The van der Waals surface area contributed by atoms with Crippen molar-refractivity contribution in [3.05, 3.63) is 0 Å². The number of nitrogens with one attached hydrogen (secondary N) is 2. The summed E-state index contributed by atoms with van der Waals surface area (Å²) in [5.74, 6) is 4.06. The van der Waals surface area contributed by atoms with Crippen LogP contribution in [0, 0.1) is 46.3 Å². The molecule has 4 aliphatic rings. The largest absolute Gasteiger partial charge is 0.393 e. The topological polar surface area (TPSA) is 90.5 Å². The SMILES string of the molecule is CC(CCCC(C)(C)O)[C@H]1CCC2C3C(CC[C@@]21C)[C@@]1(C)CC[C@H](NCCCNCCCCN)C[C@@H]1C[C@H]3O. The molecule has 4 rings (SSSR count). The van der Waals surface area contributed by atoms with E-state index in [0.29, 0.717) is 46.5 Å². The molecule has 10 atom stereocenters. The minimum Gasteiger partial charge on any atom is -0.393 e. The quantitative estimate of drug-likeness (QED) is 0.176. The van der Waals surface area contributed by atoms with Crippen molar-refractivity contribution in [2.75, 3.05) is 26.2 Å². The molecule has 0 aromatic heterocycles. The van der Waals surface area contributed by atoms with Crippen LogP contribution in [0.5, 0.6) is 0 Å². The molecule has 0 bridgehead atoms. The lowest BCUT2D eigenvalue weighted by atomic mass is 9.43. The summed E-state index contributed by atoms with van der Waals surface area (Å²) in [6.07, 6.45) is 16.9. The molecular formula is C34H65N3O2. The highest BCUT2D eigenvalue weighted by Crippen LogP contribution is 2.68. The normalized spacial score (nSPS) is 41.1. The van der Waals surface area contributed by atoms with Crippen LogP contribution in [0.4, 0.5) is 0 Å². The van der Waals surface area contributed by atoms with E-state index in [1.165, 1.54) is 64.2 Å². The van der Waals surface area contributed by atoms with E-state index < -0.39 is 5.60 Å². The highest BCUT2D eigenvalue weighted by atomic mass is 16.3. The first kappa shape index (κ1) is 31.7. The van der Waals surface area contributed by atoms with Crippen LogP contribution in [-0.4, -0.2) is 54.1 Å². The van der Waals surface area contributed by atoms with Gasteiger partial charge in [0.1, 0.15) is 0 Å². The van der Waals surface area contributed by atoms with Gasteiger partial charge in [-0.05, 0) is 163 Å². The second-order valence-corrected chi connectivity index (χ2v) is 15.7. The van der Waals surface area contributed by atoms with Crippen LogP contribution in [0.1, 0.15) is 125 Å². The van der Waals surface area contributed by atoms with E-state index in [1.807, 2.05) is 13.8 Å². The monoisotopic (exact) mass is 548 g/mol. The Bertz CT molecular complexity index is 755. The predicted octanol–water partition coefficient (Wildman–Crippen LogP) is 5.87. The summed E-state index contributed by atoms with van der Waals surface area (Å²) in [4.78, 5) is 0. The lowest BCUT2D eigenvalue weighted by Gasteiger charge is -2.62. The molecule has 4 unspecified atom stereocenters. The van der Waals surface area contributed by atoms with Gasteiger partial charge < -0.3 is 26.6 Å². The smallest absolute Gasteiger partial charge is 0.0591 e. The van der Waals surface area contributed by atoms with Gasteiger partial charge in [-0.3, -0.25) is 0 Å². The molecule has 5 heteroatoms. The van der Waals surface area contributed by atoms with E-state index in [-0.39, 0.29) is 6.10 Å². The van der Waals surface area contributed by atoms with Gasteiger partial charge in [-0.25, -0.2) is 0 Å². The summed E-state index contributed by atoms with van der Waals surface area (Å²) in [5, 5.41) is 29.4. The highest BCUT2D eigenvalue weighted by Gasteiger charge is 2.62. The van der Waals surface area contributed by atoms with Crippen LogP contribution in [0.25, 0.3) is 0 Å². The Kier molecular flexibility index (Phi) is 10.9. The number of hydrogen-bond acceptors (Lipinski definition) is 5. The molecule has 0 aromatic rings. The van der Waals surface area contributed by atoms with E-state index in [9.17, 15) is 10.2 Å². The third-order valence-electron chi connectivity index (χ3n) is 12.7. The molecule has 0 spiro atoms. The van der Waals surface area contributed by atoms with Crippen LogP contribution in [-0.2, 0) is 0 Å². The molecule has 0 aliphatic heterocycles. The molecule has 5 nitrogen and oxygen atoms in total. The summed E-state index contributed by atoms with van der Waals surface area (Å²) >= 11 is 0. The van der Waals surface area contributed by atoms with E-state index >= 15 is 0 Å². The van der Waals surface area contributed by atoms with Gasteiger partial charge in [0, 0.05) is 6.04 Å². The van der Waals surface area contributed by atoms with Crippen molar-refractivity contribution in [3.63, 3.8) is 0 Å². The van der Waals surface area contributed by atoms with Crippen molar-refractivity contribution in [1.29, 1.82) is 0 Å². The predicted molar refractivity (Wildman–Crippen MR) is 163 cm³/mol. The lowest BCUT2D eigenvalue weighted by molar-refractivity contribution is -0.167. The average Bonchev–Trinajstić information content (AvgIpc) is 3.22. The number of hydrogen-bond donors (Lipinski definition) is 5. The molecule has 4 aliphatic carbocycles. The Labute approximate surface area is 241 Å². The molecule has 0 saturated heterocycles. The minimum atomic E-state index is -0.547. The standard InChI is InChI=1S/C34H65N3O2/c1-24(10-8-15-32(2,3)39)27-11-12-28-31-29(14-17-34(27,28)5)33(4)16-13-26(22-25(33)23-30(31)38)37-21-9-20-36-19-7-6-18-35/h24-31,36-39H,6-23,35H2,1-5H3/t24?,25-,26+,27-,28?,29?,30-,31?,33+,34-/m1/s1. The van der Waals surface area contributed by atoms with E-state index in [1.54, 1.807) is 0 Å². The van der Waals surface area contributed by atoms with Crippen LogP contribution in [0.2, 0.25) is 0 Å². The van der Waals surface area contributed by atoms with Gasteiger partial charge in [0.05, 0.1) is 11.7 Å². The van der Waals surface area contributed by atoms with Gasteiger partial charge >= 0.3 is 0 Å². The number of aliphatic hydroxyl groups excluding tert-OH is 1.